The molecule has 2 aliphatic rings. The van der Waals surface area contributed by atoms with Crippen LogP contribution >= 0.6 is 11.8 Å². The van der Waals surface area contributed by atoms with Crippen LogP contribution in [-0.4, -0.2) is 46.3 Å². The molecule has 0 aromatic heterocycles. The summed E-state index contributed by atoms with van der Waals surface area (Å²) in [5.41, 5.74) is 0.962. The van der Waals surface area contributed by atoms with Gasteiger partial charge in [-0.3, -0.25) is 9.59 Å². The van der Waals surface area contributed by atoms with E-state index < -0.39 is 0 Å². The summed E-state index contributed by atoms with van der Waals surface area (Å²) in [5, 5.41) is 0. The minimum Gasteiger partial charge on any atom is -0.334 e. The molecule has 21 heavy (non-hydrogen) atoms. The molecule has 1 atom stereocenters. The van der Waals surface area contributed by atoms with Gasteiger partial charge in [0.1, 0.15) is 12.4 Å². The van der Waals surface area contributed by atoms with Crippen LogP contribution in [0.1, 0.15) is 24.4 Å². The van der Waals surface area contributed by atoms with Gasteiger partial charge in [0.2, 0.25) is 11.8 Å². The van der Waals surface area contributed by atoms with Crippen LogP contribution in [0.3, 0.4) is 0 Å². The van der Waals surface area contributed by atoms with E-state index >= 15 is 0 Å². The van der Waals surface area contributed by atoms with Crippen molar-refractivity contribution in [1.82, 2.24) is 9.80 Å². The zero-order valence-corrected chi connectivity index (χ0v) is 12.4. The Morgan fingerprint density at radius 2 is 2.10 bits per heavy atom. The standard InChI is InChI=1S/C15H17FN2O2S/c16-12-5-3-11(4-6-12)13-2-1-7-18(13)14(19)8-17-10-21-9-15(17)20/h3-6,13H,1-2,7-10H2. The predicted octanol–water partition coefficient (Wildman–Crippen LogP) is 2.02. The Hall–Kier alpha value is -1.56. The number of benzene rings is 1. The van der Waals surface area contributed by atoms with Gasteiger partial charge in [0.05, 0.1) is 17.7 Å². The Bertz CT molecular complexity index is 549. The van der Waals surface area contributed by atoms with E-state index in [-0.39, 0.29) is 30.2 Å². The first-order valence-corrected chi connectivity index (χ1v) is 8.21. The van der Waals surface area contributed by atoms with Gasteiger partial charge in [-0.15, -0.1) is 11.8 Å². The summed E-state index contributed by atoms with van der Waals surface area (Å²) in [6.45, 7) is 0.861. The van der Waals surface area contributed by atoms with E-state index in [4.69, 9.17) is 0 Å². The molecule has 1 unspecified atom stereocenters. The minimum atomic E-state index is -0.269. The highest BCUT2D eigenvalue weighted by Crippen LogP contribution is 2.32. The third kappa shape index (κ3) is 3.05. The van der Waals surface area contributed by atoms with E-state index in [0.717, 1.165) is 18.4 Å². The van der Waals surface area contributed by atoms with Crippen LogP contribution in [0.4, 0.5) is 4.39 Å². The van der Waals surface area contributed by atoms with Crippen molar-refractivity contribution in [3.8, 4) is 0 Å². The molecule has 0 aliphatic carbocycles. The molecule has 2 aliphatic heterocycles. The van der Waals surface area contributed by atoms with Gasteiger partial charge in [0, 0.05) is 6.54 Å². The third-order valence-corrected chi connectivity index (χ3v) is 4.92. The minimum absolute atomic E-state index is 0.00320. The highest BCUT2D eigenvalue weighted by atomic mass is 32.2. The van der Waals surface area contributed by atoms with Gasteiger partial charge in [-0.05, 0) is 30.5 Å². The lowest BCUT2D eigenvalue weighted by Gasteiger charge is -2.27. The Morgan fingerprint density at radius 1 is 1.33 bits per heavy atom. The predicted molar refractivity (Wildman–Crippen MR) is 79.1 cm³/mol. The molecule has 0 spiro atoms. The quantitative estimate of drug-likeness (QED) is 0.858. The number of carbonyl (C=O) groups excluding carboxylic acids is 2. The molecule has 0 bridgehead atoms. The van der Waals surface area contributed by atoms with Crippen molar-refractivity contribution in [2.24, 2.45) is 0 Å². The lowest BCUT2D eigenvalue weighted by molar-refractivity contribution is -0.138. The average molecular weight is 308 g/mol. The topological polar surface area (TPSA) is 40.6 Å². The summed E-state index contributed by atoms with van der Waals surface area (Å²) in [7, 11) is 0. The summed E-state index contributed by atoms with van der Waals surface area (Å²) in [6, 6.07) is 6.34. The van der Waals surface area contributed by atoms with Crippen molar-refractivity contribution in [3.63, 3.8) is 0 Å². The zero-order chi connectivity index (χ0) is 14.8. The molecule has 0 radical (unpaired) electrons. The molecule has 3 rings (SSSR count). The molecule has 0 saturated carbocycles. The van der Waals surface area contributed by atoms with Gasteiger partial charge in [-0.1, -0.05) is 12.1 Å². The fraction of sp³-hybridized carbons (Fsp3) is 0.467. The Balaban J connectivity index is 1.69. The van der Waals surface area contributed by atoms with Gasteiger partial charge < -0.3 is 9.80 Å². The number of hydrogen-bond acceptors (Lipinski definition) is 3. The summed E-state index contributed by atoms with van der Waals surface area (Å²) in [4.78, 5) is 27.5. The number of halogens is 1. The summed E-state index contributed by atoms with van der Waals surface area (Å²) < 4.78 is 13.0. The van der Waals surface area contributed by atoms with E-state index in [9.17, 15) is 14.0 Å². The molecule has 1 aromatic rings. The van der Waals surface area contributed by atoms with Gasteiger partial charge in [-0.2, -0.15) is 0 Å². The number of rotatable bonds is 3. The molecule has 1 aromatic carbocycles. The van der Waals surface area contributed by atoms with Gasteiger partial charge >= 0.3 is 0 Å². The van der Waals surface area contributed by atoms with Crippen molar-refractivity contribution in [2.45, 2.75) is 18.9 Å². The lowest BCUT2D eigenvalue weighted by Crippen LogP contribution is -2.40. The second kappa shape index (κ2) is 6.05. The van der Waals surface area contributed by atoms with E-state index in [2.05, 4.69) is 0 Å². The second-order valence-corrected chi connectivity index (χ2v) is 6.32. The van der Waals surface area contributed by atoms with Gasteiger partial charge in [0.25, 0.3) is 0 Å². The SMILES string of the molecule is O=C1CSCN1CC(=O)N1CCCC1c1ccc(F)cc1. The fourth-order valence-electron chi connectivity index (χ4n) is 2.89. The molecule has 2 heterocycles. The molecule has 4 nitrogen and oxygen atoms in total. The van der Waals surface area contributed by atoms with Crippen LogP contribution in [0.15, 0.2) is 24.3 Å². The maximum absolute atomic E-state index is 13.0. The first kappa shape index (κ1) is 14.4. The Morgan fingerprint density at radius 3 is 2.76 bits per heavy atom. The summed E-state index contributed by atoms with van der Waals surface area (Å²) in [6.07, 6.45) is 1.83. The van der Waals surface area contributed by atoms with Crippen molar-refractivity contribution in [2.75, 3.05) is 24.7 Å². The molecular weight excluding hydrogens is 291 g/mol. The smallest absolute Gasteiger partial charge is 0.242 e. The first-order chi connectivity index (χ1) is 10.1. The third-order valence-electron chi connectivity index (χ3n) is 3.98. The fourth-order valence-corrected chi connectivity index (χ4v) is 3.80. The van der Waals surface area contributed by atoms with E-state index in [1.807, 2.05) is 4.90 Å². The average Bonchev–Trinajstić information content (AvgIpc) is 3.09. The number of amides is 2. The molecular formula is C15H17FN2O2S. The lowest BCUT2D eigenvalue weighted by atomic mass is 10.0. The van der Waals surface area contributed by atoms with Crippen molar-refractivity contribution in [3.05, 3.63) is 35.6 Å². The maximum atomic E-state index is 13.0. The Labute approximate surface area is 127 Å². The van der Waals surface area contributed by atoms with Gasteiger partial charge in [-0.25, -0.2) is 4.39 Å². The molecule has 2 fully saturated rings. The van der Waals surface area contributed by atoms with E-state index in [0.29, 0.717) is 18.2 Å². The number of thioether (sulfide) groups is 1. The number of hydrogen-bond donors (Lipinski definition) is 0. The first-order valence-electron chi connectivity index (χ1n) is 7.05. The largest absolute Gasteiger partial charge is 0.334 e. The van der Waals surface area contributed by atoms with Gasteiger partial charge in [0.15, 0.2) is 0 Å². The Kier molecular flexibility index (Phi) is 4.14. The van der Waals surface area contributed by atoms with Crippen LogP contribution < -0.4 is 0 Å². The number of likely N-dealkylation sites (tertiary alicyclic amines) is 1. The van der Waals surface area contributed by atoms with E-state index in [1.54, 1.807) is 17.0 Å². The van der Waals surface area contributed by atoms with Crippen molar-refractivity contribution in [1.29, 1.82) is 0 Å². The highest BCUT2D eigenvalue weighted by molar-refractivity contribution is 8.00. The van der Waals surface area contributed by atoms with Crippen LogP contribution in [0, 0.1) is 5.82 Å². The van der Waals surface area contributed by atoms with Crippen molar-refractivity contribution < 1.29 is 14.0 Å². The number of nitrogens with zero attached hydrogens (tertiary/aromatic N) is 2. The summed E-state index contributed by atoms with van der Waals surface area (Å²) >= 11 is 1.54. The van der Waals surface area contributed by atoms with Crippen LogP contribution in [0.5, 0.6) is 0 Å². The van der Waals surface area contributed by atoms with Crippen LogP contribution in [0.25, 0.3) is 0 Å². The normalized spacial score (nSPS) is 22.1. The molecule has 2 amide bonds. The molecule has 112 valence electrons. The maximum Gasteiger partial charge on any atom is 0.242 e. The second-order valence-electron chi connectivity index (χ2n) is 5.37. The van der Waals surface area contributed by atoms with Crippen molar-refractivity contribution >= 4 is 23.6 Å². The highest BCUT2D eigenvalue weighted by Gasteiger charge is 2.32. The molecule has 0 N–H and O–H groups in total. The van der Waals surface area contributed by atoms with E-state index in [1.165, 1.54) is 23.9 Å². The van der Waals surface area contributed by atoms with Crippen LogP contribution in [-0.2, 0) is 9.59 Å². The number of carbonyl (C=O) groups is 2. The molecule has 6 heteroatoms. The monoisotopic (exact) mass is 308 g/mol. The zero-order valence-electron chi connectivity index (χ0n) is 11.6. The van der Waals surface area contributed by atoms with Crippen LogP contribution in [0.2, 0.25) is 0 Å². The summed E-state index contributed by atoms with van der Waals surface area (Å²) in [5.74, 6) is 0.812. The molecule has 2 saturated heterocycles.